The van der Waals surface area contributed by atoms with Gasteiger partial charge in [-0.3, -0.25) is 0 Å². The van der Waals surface area contributed by atoms with Crippen molar-refractivity contribution in [2.75, 3.05) is 0 Å². The zero-order valence-corrected chi connectivity index (χ0v) is 13.6. The Morgan fingerprint density at radius 3 is 2.09 bits per heavy atom. The highest BCUT2D eigenvalue weighted by Gasteiger charge is 2.46. The summed E-state index contributed by atoms with van der Waals surface area (Å²) in [4.78, 5) is 0. The van der Waals surface area contributed by atoms with E-state index < -0.39 is 0 Å². The van der Waals surface area contributed by atoms with Gasteiger partial charge >= 0.3 is 0 Å². The van der Waals surface area contributed by atoms with Gasteiger partial charge in [-0.1, -0.05) is 13.8 Å². The maximum atomic E-state index is 10.3. The molecule has 0 amide bonds. The number of ether oxygens (including phenoxy) is 1. The molecule has 23 heavy (non-hydrogen) atoms. The van der Waals surface area contributed by atoms with Crippen molar-refractivity contribution in [1.82, 2.24) is 0 Å². The Hall–Kier alpha value is -2.16. The van der Waals surface area contributed by atoms with E-state index in [1.165, 1.54) is 0 Å². The van der Waals surface area contributed by atoms with Crippen LogP contribution in [0.1, 0.15) is 49.8 Å². The van der Waals surface area contributed by atoms with Gasteiger partial charge in [0, 0.05) is 17.2 Å². The number of benzene rings is 2. The average molecular weight is 310 g/mol. The van der Waals surface area contributed by atoms with E-state index in [2.05, 4.69) is 13.0 Å². The van der Waals surface area contributed by atoms with E-state index in [1.54, 1.807) is 6.07 Å². The van der Waals surface area contributed by atoms with Gasteiger partial charge in [0.2, 0.25) is 0 Å². The van der Waals surface area contributed by atoms with Crippen molar-refractivity contribution in [3.05, 3.63) is 41.0 Å². The summed E-state index contributed by atoms with van der Waals surface area (Å²) in [5.74, 6) is 1.43. The van der Waals surface area contributed by atoms with Crippen LogP contribution in [0, 0.1) is 0 Å². The summed E-state index contributed by atoms with van der Waals surface area (Å²) in [5.41, 5.74) is 4.83. The zero-order chi connectivity index (χ0) is 16.2. The molecule has 0 bridgehead atoms. The molecule has 0 aromatic heterocycles. The van der Waals surface area contributed by atoms with Crippen LogP contribution in [0.25, 0.3) is 11.1 Å². The van der Waals surface area contributed by atoms with Gasteiger partial charge in [0.15, 0.2) is 0 Å². The van der Waals surface area contributed by atoms with Gasteiger partial charge in [0.05, 0.1) is 0 Å². The van der Waals surface area contributed by atoms with Gasteiger partial charge in [-0.25, -0.2) is 0 Å². The van der Waals surface area contributed by atoms with Crippen molar-refractivity contribution in [3.8, 4) is 28.4 Å². The van der Waals surface area contributed by atoms with Gasteiger partial charge in [-0.2, -0.15) is 0 Å². The lowest BCUT2D eigenvalue weighted by atomic mass is 9.70. The highest BCUT2D eigenvalue weighted by Crippen LogP contribution is 2.55. The van der Waals surface area contributed by atoms with E-state index in [0.29, 0.717) is 11.5 Å². The number of phenolic OH excluding ortho intramolecular Hbond substituents is 2. The second kappa shape index (κ2) is 4.92. The Kier molecular flexibility index (Phi) is 3.09. The lowest BCUT2D eigenvalue weighted by Crippen LogP contribution is -2.42. The standard InChI is InChI=1S/C20H22O3/c1-3-12-8-14-15-9-13(4-2)18(22)11-19(15)23-20(6-5-7-20)16(14)10-17(12)21/h8-11,21-22H,3-7H2,1-2H3. The van der Waals surface area contributed by atoms with Crippen LogP contribution >= 0.6 is 0 Å². The van der Waals surface area contributed by atoms with E-state index in [4.69, 9.17) is 4.74 Å². The average Bonchev–Trinajstić information content (AvgIpc) is 2.51. The molecule has 2 aliphatic rings. The third-order valence-corrected chi connectivity index (χ3v) is 5.41. The number of hydrogen-bond donors (Lipinski definition) is 2. The molecule has 3 nitrogen and oxygen atoms in total. The lowest BCUT2D eigenvalue weighted by Gasteiger charge is -2.46. The maximum Gasteiger partial charge on any atom is 0.135 e. The summed E-state index contributed by atoms with van der Waals surface area (Å²) in [6, 6.07) is 7.79. The summed E-state index contributed by atoms with van der Waals surface area (Å²) in [5, 5.41) is 20.5. The SMILES string of the molecule is CCc1cc2c(cc1O)OC1(CCC1)c1cc(O)c(CC)cc1-2. The Labute approximate surface area is 136 Å². The fourth-order valence-electron chi connectivity index (χ4n) is 3.84. The van der Waals surface area contributed by atoms with E-state index in [-0.39, 0.29) is 5.60 Å². The van der Waals surface area contributed by atoms with Crippen LogP contribution in [-0.4, -0.2) is 10.2 Å². The molecule has 0 unspecified atom stereocenters. The van der Waals surface area contributed by atoms with Crippen LogP contribution < -0.4 is 4.74 Å². The Morgan fingerprint density at radius 2 is 1.52 bits per heavy atom. The minimum atomic E-state index is -0.327. The number of aromatic hydroxyl groups is 2. The highest BCUT2D eigenvalue weighted by molar-refractivity contribution is 5.80. The zero-order valence-electron chi connectivity index (χ0n) is 13.6. The van der Waals surface area contributed by atoms with Crippen LogP contribution in [-0.2, 0) is 18.4 Å². The first-order valence-corrected chi connectivity index (χ1v) is 8.49. The molecule has 1 heterocycles. The third kappa shape index (κ3) is 1.95. The quantitative estimate of drug-likeness (QED) is 0.848. The molecule has 4 rings (SSSR count). The van der Waals surface area contributed by atoms with Crippen molar-refractivity contribution in [1.29, 1.82) is 0 Å². The summed E-state index contributed by atoms with van der Waals surface area (Å²) in [6.45, 7) is 4.09. The minimum Gasteiger partial charge on any atom is -0.508 e. The topological polar surface area (TPSA) is 49.7 Å². The van der Waals surface area contributed by atoms with Crippen LogP contribution in [0.4, 0.5) is 0 Å². The van der Waals surface area contributed by atoms with Gasteiger partial charge in [-0.15, -0.1) is 0 Å². The highest BCUT2D eigenvalue weighted by atomic mass is 16.5. The van der Waals surface area contributed by atoms with E-state index in [1.807, 2.05) is 19.1 Å². The summed E-state index contributed by atoms with van der Waals surface area (Å²) >= 11 is 0. The van der Waals surface area contributed by atoms with Crippen LogP contribution in [0.2, 0.25) is 0 Å². The fraction of sp³-hybridized carbons (Fsp3) is 0.400. The molecule has 2 N–H and O–H groups in total. The van der Waals surface area contributed by atoms with Crippen molar-refractivity contribution in [2.45, 2.75) is 51.6 Å². The van der Waals surface area contributed by atoms with Crippen LogP contribution in [0.5, 0.6) is 17.2 Å². The van der Waals surface area contributed by atoms with Gasteiger partial charge < -0.3 is 14.9 Å². The smallest absolute Gasteiger partial charge is 0.135 e. The number of fused-ring (bicyclic) bond motifs is 4. The molecular formula is C20H22O3. The number of aryl methyl sites for hydroxylation is 2. The molecule has 120 valence electrons. The molecule has 0 atom stereocenters. The first-order chi connectivity index (χ1) is 11.1. The molecule has 3 heteroatoms. The van der Waals surface area contributed by atoms with Crippen LogP contribution in [0.3, 0.4) is 0 Å². The second-order valence-corrected chi connectivity index (χ2v) is 6.66. The normalized spacial score (nSPS) is 17.1. The van der Waals surface area contributed by atoms with Gasteiger partial charge in [0.1, 0.15) is 22.8 Å². The molecular weight excluding hydrogens is 288 g/mol. The predicted molar refractivity (Wildman–Crippen MR) is 90.1 cm³/mol. The number of phenols is 2. The maximum absolute atomic E-state index is 10.3. The van der Waals surface area contributed by atoms with Gasteiger partial charge in [0.25, 0.3) is 0 Å². The Morgan fingerprint density at radius 1 is 0.913 bits per heavy atom. The van der Waals surface area contributed by atoms with E-state index >= 15 is 0 Å². The van der Waals surface area contributed by atoms with Crippen molar-refractivity contribution >= 4 is 0 Å². The molecule has 2 aromatic rings. The van der Waals surface area contributed by atoms with E-state index in [9.17, 15) is 10.2 Å². The van der Waals surface area contributed by atoms with E-state index in [0.717, 1.165) is 65.7 Å². The fourth-order valence-corrected chi connectivity index (χ4v) is 3.84. The molecule has 1 fully saturated rings. The summed E-state index contributed by atoms with van der Waals surface area (Å²) < 4.78 is 6.32. The monoisotopic (exact) mass is 310 g/mol. The Bertz CT molecular complexity index is 788. The number of rotatable bonds is 2. The van der Waals surface area contributed by atoms with Crippen molar-refractivity contribution in [3.63, 3.8) is 0 Å². The molecule has 1 aliphatic heterocycles. The largest absolute Gasteiger partial charge is 0.508 e. The van der Waals surface area contributed by atoms with Crippen LogP contribution in [0.15, 0.2) is 24.3 Å². The van der Waals surface area contributed by atoms with Crippen molar-refractivity contribution in [2.24, 2.45) is 0 Å². The van der Waals surface area contributed by atoms with Crippen molar-refractivity contribution < 1.29 is 14.9 Å². The second-order valence-electron chi connectivity index (χ2n) is 6.66. The molecule has 2 aromatic carbocycles. The predicted octanol–water partition coefficient (Wildman–Crippen LogP) is 4.66. The minimum absolute atomic E-state index is 0.304. The number of hydrogen-bond acceptors (Lipinski definition) is 3. The third-order valence-electron chi connectivity index (χ3n) is 5.41. The Balaban J connectivity index is 2.00. The summed E-state index contributed by atoms with van der Waals surface area (Å²) in [7, 11) is 0. The molecule has 0 saturated heterocycles. The first-order valence-electron chi connectivity index (χ1n) is 8.49. The van der Waals surface area contributed by atoms with Gasteiger partial charge in [-0.05, 0) is 67.0 Å². The summed E-state index contributed by atoms with van der Waals surface area (Å²) in [6.07, 6.45) is 4.62. The molecule has 1 aliphatic carbocycles. The molecule has 1 saturated carbocycles. The first kappa shape index (κ1) is 14.4. The molecule has 0 radical (unpaired) electrons. The molecule has 1 spiro atoms. The lowest BCUT2D eigenvalue weighted by molar-refractivity contribution is -0.0147.